The smallest absolute Gasteiger partial charge is 0.191 e. The van der Waals surface area contributed by atoms with Gasteiger partial charge >= 0.3 is 0 Å². The van der Waals surface area contributed by atoms with Gasteiger partial charge < -0.3 is 15.2 Å². The fourth-order valence-corrected chi connectivity index (χ4v) is 2.95. The normalized spacial score (nSPS) is 11.4. The third kappa shape index (κ3) is 6.68. The van der Waals surface area contributed by atoms with Crippen molar-refractivity contribution in [2.24, 2.45) is 4.99 Å². The summed E-state index contributed by atoms with van der Waals surface area (Å²) in [5.74, 6) is 1.91. The number of nitrogens with one attached hydrogen (secondary N) is 2. The number of hydrogen-bond acceptors (Lipinski definition) is 4. The quantitative estimate of drug-likeness (QED) is 0.382. The van der Waals surface area contributed by atoms with Crippen LogP contribution in [-0.2, 0) is 13.0 Å². The van der Waals surface area contributed by atoms with Gasteiger partial charge in [-0.2, -0.15) is 0 Å². The lowest BCUT2D eigenvalue weighted by atomic mass is 10.1. The Labute approximate surface area is 162 Å². The van der Waals surface area contributed by atoms with E-state index in [1.807, 2.05) is 18.2 Å². The second-order valence-corrected chi connectivity index (χ2v) is 6.98. The lowest BCUT2D eigenvalue weighted by molar-refractivity contribution is 0.372. The number of thiophene rings is 1. The molecule has 2 N–H and O–H groups in total. The van der Waals surface area contributed by atoms with Gasteiger partial charge in [-0.3, -0.25) is 4.99 Å². The molecule has 2 aromatic rings. The van der Waals surface area contributed by atoms with E-state index in [1.165, 1.54) is 4.88 Å². The van der Waals surface area contributed by atoms with E-state index in [9.17, 15) is 0 Å². The van der Waals surface area contributed by atoms with Crippen molar-refractivity contribution in [2.45, 2.75) is 32.7 Å². The van der Waals surface area contributed by atoms with Gasteiger partial charge in [0.2, 0.25) is 0 Å². The zero-order valence-corrected chi connectivity index (χ0v) is 17.3. The largest absolute Gasteiger partial charge is 0.359 e. The maximum Gasteiger partial charge on any atom is 0.191 e. The van der Waals surface area contributed by atoms with Crippen LogP contribution in [0.4, 0.5) is 0 Å². The highest BCUT2D eigenvalue weighted by Crippen LogP contribution is 2.21. The molecule has 5 nitrogen and oxygen atoms in total. The molecule has 8 heteroatoms. The Kier molecular flexibility index (Phi) is 8.93. The van der Waals surface area contributed by atoms with Crippen molar-refractivity contribution in [1.82, 2.24) is 15.8 Å². The second-order valence-electron chi connectivity index (χ2n) is 5.18. The van der Waals surface area contributed by atoms with Gasteiger partial charge in [0.05, 0.1) is 16.6 Å². The molecule has 2 aromatic heterocycles. The first-order chi connectivity index (χ1) is 10.6. The van der Waals surface area contributed by atoms with Crippen molar-refractivity contribution in [1.29, 1.82) is 0 Å². The SMILES string of the molecule is CN=C(NCCc1ccc(Cl)s1)NCc1cc(C(C)C)no1.I. The van der Waals surface area contributed by atoms with Crippen LogP contribution >= 0.6 is 46.9 Å². The number of aliphatic imine (C=N–C) groups is 1. The number of guanidine groups is 1. The maximum atomic E-state index is 5.92. The van der Waals surface area contributed by atoms with Crippen molar-refractivity contribution in [3.63, 3.8) is 0 Å². The molecule has 0 saturated heterocycles. The molecular weight excluding hydrogens is 447 g/mol. The second kappa shape index (κ2) is 10.1. The molecule has 0 unspecified atom stereocenters. The lowest BCUT2D eigenvalue weighted by Crippen LogP contribution is -2.37. The van der Waals surface area contributed by atoms with Gasteiger partial charge in [-0.15, -0.1) is 35.3 Å². The minimum Gasteiger partial charge on any atom is -0.359 e. The Hall–Kier alpha value is -0.800. The Morgan fingerprint density at radius 2 is 2.17 bits per heavy atom. The van der Waals surface area contributed by atoms with E-state index in [2.05, 4.69) is 34.6 Å². The van der Waals surface area contributed by atoms with Gasteiger partial charge in [-0.05, 0) is 24.5 Å². The van der Waals surface area contributed by atoms with Crippen LogP contribution in [0.3, 0.4) is 0 Å². The number of aromatic nitrogens is 1. The molecule has 0 aliphatic heterocycles. The first-order valence-electron chi connectivity index (χ1n) is 7.22. The number of rotatable bonds is 6. The van der Waals surface area contributed by atoms with Crippen LogP contribution < -0.4 is 10.6 Å². The van der Waals surface area contributed by atoms with Gasteiger partial charge in [0.1, 0.15) is 0 Å². The van der Waals surface area contributed by atoms with E-state index < -0.39 is 0 Å². The van der Waals surface area contributed by atoms with E-state index in [1.54, 1.807) is 18.4 Å². The van der Waals surface area contributed by atoms with Gasteiger partial charge in [0, 0.05) is 24.5 Å². The number of nitrogens with zero attached hydrogens (tertiary/aromatic N) is 2. The Morgan fingerprint density at radius 3 is 2.74 bits per heavy atom. The molecule has 2 heterocycles. The highest BCUT2D eigenvalue weighted by molar-refractivity contribution is 14.0. The lowest BCUT2D eigenvalue weighted by Gasteiger charge is -2.09. The van der Waals surface area contributed by atoms with Crippen LogP contribution in [0.25, 0.3) is 0 Å². The Balaban J connectivity index is 0.00000264. The highest BCUT2D eigenvalue weighted by Gasteiger charge is 2.08. The van der Waals surface area contributed by atoms with E-state index in [0.717, 1.165) is 34.7 Å². The van der Waals surface area contributed by atoms with E-state index in [0.29, 0.717) is 12.5 Å². The van der Waals surface area contributed by atoms with Gasteiger partial charge in [-0.1, -0.05) is 30.6 Å². The summed E-state index contributed by atoms with van der Waals surface area (Å²) in [5, 5.41) is 10.5. The monoisotopic (exact) mass is 468 g/mol. The predicted octanol–water partition coefficient (Wildman–Crippen LogP) is 4.04. The molecule has 0 aliphatic carbocycles. The molecule has 0 radical (unpaired) electrons. The zero-order valence-electron chi connectivity index (χ0n) is 13.4. The summed E-state index contributed by atoms with van der Waals surface area (Å²) in [5.41, 5.74) is 0.967. The molecular formula is C15H22ClIN4OS. The molecule has 0 spiro atoms. The summed E-state index contributed by atoms with van der Waals surface area (Å²) >= 11 is 7.52. The highest BCUT2D eigenvalue weighted by atomic mass is 127. The molecule has 0 amide bonds. The maximum absolute atomic E-state index is 5.92. The van der Waals surface area contributed by atoms with Crippen molar-refractivity contribution in [3.05, 3.63) is 38.9 Å². The summed E-state index contributed by atoms with van der Waals surface area (Å²) in [4.78, 5) is 5.45. The fourth-order valence-electron chi connectivity index (χ4n) is 1.87. The molecule has 0 saturated carbocycles. The summed E-state index contributed by atoms with van der Waals surface area (Å²) < 4.78 is 6.11. The zero-order chi connectivity index (χ0) is 15.9. The Bertz CT molecular complexity index is 627. The van der Waals surface area contributed by atoms with Crippen LogP contribution in [0.5, 0.6) is 0 Å². The number of hydrogen-bond donors (Lipinski definition) is 2. The third-order valence-corrected chi connectivity index (χ3v) is 4.41. The molecule has 0 bridgehead atoms. The first kappa shape index (κ1) is 20.2. The minimum absolute atomic E-state index is 0. The molecule has 128 valence electrons. The first-order valence-corrected chi connectivity index (χ1v) is 8.42. The number of halogens is 2. The van der Waals surface area contributed by atoms with Gasteiger partial charge in [0.25, 0.3) is 0 Å². The summed E-state index contributed by atoms with van der Waals surface area (Å²) in [6, 6.07) is 5.94. The summed E-state index contributed by atoms with van der Waals surface area (Å²) in [7, 11) is 1.75. The molecule has 0 aromatic carbocycles. The van der Waals surface area contributed by atoms with E-state index in [-0.39, 0.29) is 24.0 Å². The standard InChI is InChI=1S/C15H21ClN4OS.HI/c1-10(2)13-8-11(21-20-13)9-19-15(17-3)18-7-6-12-4-5-14(16)22-12;/h4-5,8,10H,6-7,9H2,1-3H3,(H2,17,18,19);1H. The molecule has 0 fully saturated rings. The van der Waals surface area contributed by atoms with Crippen LogP contribution in [0, 0.1) is 0 Å². The van der Waals surface area contributed by atoms with E-state index >= 15 is 0 Å². The topological polar surface area (TPSA) is 62.5 Å². The Morgan fingerprint density at radius 1 is 1.39 bits per heavy atom. The molecule has 0 atom stereocenters. The summed E-state index contributed by atoms with van der Waals surface area (Å²) in [6.45, 7) is 5.53. The predicted molar refractivity (Wildman–Crippen MR) is 107 cm³/mol. The summed E-state index contributed by atoms with van der Waals surface area (Å²) in [6.07, 6.45) is 0.915. The van der Waals surface area contributed by atoms with Gasteiger partial charge in [-0.25, -0.2) is 0 Å². The molecule has 2 rings (SSSR count). The average Bonchev–Trinajstić information content (AvgIpc) is 3.11. The molecule has 23 heavy (non-hydrogen) atoms. The van der Waals surface area contributed by atoms with Crippen LogP contribution in [0.1, 0.15) is 36.1 Å². The average molecular weight is 469 g/mol. The molecule has 0 aliphatic rings. The van der Waals surface area contributed by atoms with Crippen LogP contribution in [0.15, 0.2) is 27.7 Å². The van der Waals surface area contributed by atoms with Crippen molar-refractivity contribution < 1.29 is 4.52 Å². The van der Waals surface area contributed by atoms with Crippen LogP contribution in [0.2, 0.25) is 4.34 Å². The van der Waals surface area contributed by atoms with Crippen molar-refractivity contribution in [2.75, 3.05) is 13.6 Å². The third-order valence-electron chi connectivity index (χ3n) is 3.12. The minimum atomic E-state index is 0. The van der Waals surface area contributed by atoms with E-state index in [4.69, 9.17) is 16.1 Å². The van der Waals surface area contributed by atoms with Crippen molar-refractivity contribution >= 4 is 52.9 Å². The van der Waals surface area contributed by atoms with Gasteiger partial charge in [0.15, 0.2) is 11.7 Å². The van der Waals surface area contributed by atoms with Crippen LogP contribution in [-0.4, -0.2) is 24.7 Å². The van der Waals surface area contributed by atoms with Crippen molar-refractivity contribution in [3.8, 4) is 0 Å². The fraction of sp³-hybridized carbons (Fsp3) is 0.467.